The summed E-state index contributed by atoms with van der Waals surface area (Å²) in [6, 6.07) is 8.34. The summed E-state index contributed by atoms with van der Waals surface area (Å²) in [5, 5.41) is 3.01. The van der Waals surface area contributed by atoms with E-state index in [1.807, 2.05) is 29.2 Å². The Labute approximate surface area is 157 Å². The number of oxazole rings is 1. The lowest BCUT2D eigenvalue weighted by molar-refractivity contribution is 0.108. The average molecular weight is 372 g/mol. The average Bonchev–Trinajstić information content (AvgIpc) is 3.24. The summed E-state index contributed by atoms with van der Waals surface area (Å²) in [6.45, 7) is 3.52. The zero-order valence-corrected chi connectivity index (χ0v) is 15.6. The van der Waals surface area contributed by atoms with Crippen molar-refractivity contribution < 1.29 is 9.21 Å². The molecule has 2 fully saturated rings. The van der Waals surface area contributed by atoms with Crippen LogP contribution in [0.4, 0.5) is 10.5 Å². The molecule has 1 aromatic heterocycles. The zero-order chi connectivity index (χ0) is 17.8. The molecule has 2 aliphatic heterocycles. The fraction of sp³-hybridized carbons (Fsp3) is 0.474. The number of amides is 2. The first-order valence-electron chi connectivity index (χ1n) is 9.16. The Morgan fingerprint density at radius 2 is 2.00 bits per heavy atom. The number of hydrogen-bond acceptors (Lipinski definition) is 5. The van der Waals surface area contributed by atoms with Gasteiger partial charge in [0.05, 0.1) is 6.20 Å². The summed E-state index contributed by atoms with van der Waals surface area (Å²) in [5.74, 6) is 3.24. The van der Waals surface area contributed by atoms with Crippen LogP contribution in [0.2, 0.25) is 0 Å². The second-order valence-corrected chi connectivity index (χ2v) is 7.97. The predicted molar refractivity (Wildman–Crippen MR) is 104 cm³/mol. The third-order valence-corrected chi connectivity index (χ3v) is 6.19. The number of rotatable bonds is 3. The lowest BCUT2D eigenvalue weighted by Gasteiger charge is -2.40. The van der Waals surface area contributed by atoms with Gasteiger partial charge >= 0.3 is 6.03 Å². The van der Waals surface area contributed by atoms with Crippen LogP contribution in [0.3, 0.4) is 0 Å². The van der Waals surface area contributed by atoms with Crippen LogP contribution in [0.15, 0.2) is 41.3 Å². The Bertz CT molecular complexity index is 723. The molecule has 2 aliphatic rings. The molecule has 138 valence electrons. The van der Waals surface area contributed by atoms with E-state index in [0.29, 0.717) is 11.8 Å². The van der Waals surface area contributed by atoms with Crippen LogP contribution in [-0.4, -0.2) is 64.5 Å². The molecule has 2 saturated heterocycles. The summed E-state index contributed by atoms with van der Waals surface area (Å²) >= 11 is 2.06. The van der Waals surface area contributed by atoms with Gasteiger partial charge in [-0.25, -0.2) is 9.78 Å². The molecule has 6 nitrogen and oxygen atoms in total. The van der Waals surface area contributed by atoms with Crippen LogP contribution in [-0.2, 0) is 0 Å². The topological polar surface area (TPSA) is 61.6 Å². The maximum absolute atomic E-state index is 12.6. The minimum atomic E-state index is -0.0291. The van der Waals surface area contributed by atoms with E-state index >= 15 is 0 Å². The van der Waals surface area contributed by atoms with Gasteiger partial charge in [0.1, 0.15) is 0 Å². The summed E-state index contributed by atoms with van der Waals surface area (Å²) in [7, 11) is 0. The van der Waals surface area contributed by atoms with Crippen molar-refractivity contribution in [1.82, 2.24) is 14.8 Å². The van der Waals surface area contributed by atoms with Crippen molar-refractivity contribution in [3.05, 3.63) is 36.9 Å². The molecule has 7 heteroatoms. The van der Waals surface area contributed by atoms with Gasteiger partial charge in [-0.1, -0.05) is 12.1 Å². The Hall–Kier alpha value is -1.99. The number of nitrogens with one attached hydrogen (secondary N) is 1. The number of piperazine rings is 1. The van der Waals surface area contributed by atoms with E-state index in [1.165, 1.54) is 30.7 Å². The van der Waals surface area contributed by atoms with Crippen LogP contribution in [0.25, 0.3) is 11.3 Å². The van der Waals surface area contributed by atoms with E-state index in [2.05, 4.69) is 27.0 Å². The first-order valence-corrected chi connectivity index (χ1v) is 10.3. The number of aromatic nitrogens is 1. The molecule has 0 aliphatic carbocycles. The van der Waals surface area contributed by atoms with E-state index in [9.17, 15) is 4.79 Å². The van der Waals surface area contributed by atoms with E-state index in [1.54, 1.807) is 6.20 Å². The highest BCUT2D eigenvalue weighted by Gasteiger charge is 2.27. The Morgan fingerprint density at radius 1 is 1.19 bits per heavy atom. The van der Waals surface area contributed by atoms with Gasteiger partial charge in [0.2, 0.25) is 0 Å². The standard InChI is InChI=1S/C19H24N4O2S/c24-19(21-16-3-1-2-15(12-16)18-13-20-14-25-18)23-8-6-22(7-9-23)17-4-10-26-11-5-17/h1-3,12-14,17H,4-11H2,(H,21,24). The number of carbonyl (C=O) groups is 1. The van der Waals surface area contributed by atoms with Gasteiger partial charge in [0.15, 0.2) is 12.2 Å². The normalized spacial score (nSPS) is 19.5. The first-order chi connectivity index (χ1) is 12.8. The predicted octanol–water partition coefficient (Wildman–Crippen LogP) is 3.39. The van der Waals surface area contributed by atoms with Crippen LogP contribution >= 0.6 is 11.8 Å². The first kappa shape index (κ1) is 17.4. The second kappa shape index (κ2) is 8.14. The third-order valence-electron chi connectivity index (χ3n) is 5.14. The molecular formula is C19H24N4O2S. The number of benzene rings is 1. The summed E-state index contributed by atoms with van der Waals surface area (Å²) in [6.07, 6.45) is 5.64. The van der Waals surface area contributed by atoms with E-state index in [4.69, 9.17) is 4.42 Å². The fourth-order valence-corrected chi connectivity index (χ4v) is 4.73. The Kier molecular flexibility index (Phi) is 5.45. The van der Waals surface area contributed by atoms with E-state index in [0.717, 1.165) is 37.4 Å². The molecule has 0 atom stereocenters. The quantitative estimate of drug-likeness (QED) is 0.895. The number of nitrogens with zero attached hydrogens (tertiary/aromatic N) is 3. The molecule has 1 aromatic carbocycles. The maximum atomic E-state index is 12.6. The number of urea groups is 1. The Balaban J connectivity index is 1.32. The molecule has 1 N–H and O–H groups in total. The van der Waals surface area contributed by atoms with Crippen LogP contribution in [0.1, 0.15) is 12.8 Å². The van der Waals surface area contributed by atoms with Crippen molar-refractivity contribution in [2.45, 2.75) is 18.9 Å². The van der Waals surface area contributed by atoms with Crippen molar-refractivity contribution in [2.24, 2.45) is 0 Å². The summed E-state index contributed by atoms with van der Waals surface area (Å²) < 4.78 is 5.32. The summed E-state index contributed by atoms with van der Waals surface area (Å²) in [4.78, 5) is 21.0. The molecule has 3 heterocycles. The van der Waals surface area contributed by atoms with Crippen molar-refractivity contribution in [2.75, 3.05) is 43.0 Å². The molecule has 2 aromatic rings. The van der Waals surface area contributed by atoms with Crippen LogP contribution in [0, 0.1) is 0 Å². The van der Waals surface area contributed by atoms with Crippen molar-refractivity contribution in [3.63, 3.8) is 0 Å². The van der Waals surface area contributed by atoms with Crippen molar-refractivity contribution in [3.8, 4) is 11.3 Å². The smallest absolute Gasteiger partial charge is 0.321 e. The molecule has 0 saturated carbocycles. The zero-order valence-electron chi connectivity index (χ0n) is 14.8. The summed E-state index contributed by atoms with van der Waals surface area (Å²) in [5.41, 5.74) is 1.68. The minimum absolute atomic E-state index is 0.0291. The van der Waals surface area contributed by atoms with E-state index < -0.39 is 0 Å². The molecule has 2 amide bonds. The van der Waals surface area contributed by atoms with Gasteiger partial charge in [0, 0.05) is 43.5 Å². The van der Waals surface area contributed by atoms with Gasteiger partial charge in [-0.2, -0.15) is 11.8 Å². The number of carbonyl (C=O) groups excluding carboxylic acids is 1. The Morgan fingerprint density at radius 3 is 2.73 bits per heavy atom. The molecule has 0 bridgehead atoms. The van der Waals surface area contributed by atoms with Crippen LogP contribution < -0.4 is 5.32 Å². The molecule has 0 unspecified atom stereocenters. The molecule has 26 heavy (non-hydrogen) atoms. The maximum Gasteiger partial charge on any atom is 0.321 e. The highest BCUT2D eigenvalue weighted by atomic mass is 32.2. The molecule has 0 radical (unpaired) electrons. The van der Waals surface area contributed by atoms with Crippen molar-refractivity contribution in [1.29, 1.82) is 0 Å². The monoisotopic (exact) mass is 372 g/mol. The number of hydrogen-bond donors (Lipinski definition) is 1. The van der Waals surface area contributed by atoms with Gasteiger partial charge in [-0.15, -0.1) is 0 Å². The van der Waals surface area contributed by atoms with Crippen LogP contribution in [0.5, 0.6) is 0 Å². The largest absolute Gasteiger partial charge is 0.444 e. The molecule has 4 rings (SSSR count). The highest BCUT2D eigenvalue weighted by Crippen LogP contribution is 2.24. The number of anilines is 1. The van der Waals surface area contributed by atoms with Crippen molar-refractivity contribution >= 4 is 23.5 Å². The molecule has 0 spiro atoms. The minimum Gasteiger partial charge on any atom is -0.444 e. The van der Waals surface area contributed by atoms with Gasteiger partial charge in [-0.05, 0) is 36.5 Å². The van der Waals surface area contributed by atoms with E-state index in [-0.39, 0.29) is 6.03 Å². The van der Waals surface area contributed by atoms with Gasteiger partial charge in [-0.3, -0.25) is 4.90 Å². The number of thioether (sulfide) groups is 1. The third kappa shape index (κ3) is 4.04. The lowest BCUT2D eigenvalue weighted by atomic mass is 10.1. The second-order valence-electron chi connectivity index (χ2n) is 6.74. The lowest BCUT2D eigenvalue weighted by Crippen LogP contribution is -2.53. The highest BCUT2D eigenvalue weighted by molar-refractivity contribution is 7.99. The SMILES string of the molecule is O=C(Nc1cccc(-c2cnco2)c1)N1CCN(C2CCSCC2)CC1. The van der Waals surface area contributed by atoms with Gasteiger partial charge < -0.3 is 14.6 Å². The van der Waals surface area contributed by atoms with Gasteiger partial charge in [0.25, 0.3) is 0 Å². The molecular weight excluding hydrogens is 348 g/mol. The fourth-order valence-electron chi connectivity index (χ4n) is 3.65.